The fourth-order valence-corrected chi connectivity index (χ4v) is 6.50. The molecule has 0 spiro atoms. The molecule has 2 aliphatic rings. The summed E-state index contributed by atoms with van der Waals surface area (Å²) in [6.07, 6.45) is 4.22. The third kappa shape index (κ3) is 4.22. The summed E-state index contributed by atoms with van der Waals surface area (Å²) in [6, 6.07) is 16.7. The minimum atomic E-state index is -3.77. The van der Waals surface area contributed by atoms with Gasteiger partial charge in [0, 0.05) is 6.54 Å². The molecule has 2 unspecified atom stereocenters. The van der Waals surface area contributed by atoms with Crippen LogP contribution in [0.15, 0.2) is 70.3 Å². The molecule has 0 saturated carbocycles. The highest BCUT2D eigenvalue weighted by Gasteiger charge is 2.46. The molecule has 2 aromatic carbocycles. The van der Waals surface area contributed by atoms with Gasteiger partial charge in [-0.15, -0.1) is 11.3 Å². The van der Waals surface area contributed by atoms with Gasteiger partial charge in [0.2, 0.25) is 15.9 Å². The fraction of sp³-hybridized carbons (Fsp3) is 0.167. The molecule has 2 atom stereocenters. The standard InChI is InChI=1S/C24H21N3O4S2/c28-23-22-20(26-33(30,31)21-7-4-14-32-21)12-13-27(22)24(29)18-15-17(10-11-19(18)25-23)9-8-16-5-2-1-3-6-16/h1-11,14-15,20,22,26H,12-13H2,(H,25,28). The normalized spacial score (nSPS) is 20.4. The van der Waals surface area contributed by atoms with Gasteiger partial charge in [-0.05, 0) is 41.1 Å². The lowest BCUT2D eigenvalue weighted by Gasteiger charge is -2.24. The Morgan fingerprint density at radius 2 is 1.79 bits per heavy atom. The molecule has 3 aromatic rings. The summed E-state index contributed by atoms with van der Waals surface area (Å²) in [4.78, 5) is 27.9. The predicted molar refractivity (Wildman–Crippen MR) is 128 cm³/mol. The molecule has 0 bridgehead atoms. The zero-order valence-corrected chi connectivity index (χ0v) is 19.1. The van der Waals surface area contributed by atoms with E-state index in [4.69, 9.17) is 0 Å². The summed E-state index contributed by atoms with van der Waals surface area (Å²) in [5.74, 6) is -0.688. The van der Waals surface area contributed by atoms with Gasteiger partial charge < -0.3 is 10.2 Å². The molecule has 1 saturated heterocycles. The Kier molecular flexibility index (Phi) is 5.61. The van der Waals surface area contributed by atoms with Crippen molar-refractivity contribution in [3.8, 4) is 0 Å². The maximum Gasteiger partial charge on any atom is 0.256 e. The Balaban J connectivity index is 1.41. The number of amides is 2. The van der Waals surface area contributed by atoms with Crippen molar-refractivity contribution in [1.29, 1.82) is 0 Å². The lowest BCUT2D eigenvalue weighted by Crippen LogP contribution is -2.51. The molecule has 2 amide bonds. The van der Waals surface area contributed by atoms with Crippen molar-refractivity contribution >= 4 is 51.0 Å². The topological polar surface area (TPSA) is 95.6 Å². The first kappa shape index (κ1) is 21.6. The number of fused-ring (bicyclic) bond motifs is 2. The first-order valence-electron chi connectivity index (χ1n) is 10.5. The highest BCUT2D eigenvalue weighted by molar-refractivity contribution is 7.91. The van der Waals surface area contributed by atoms with Gasteiger partial charge in [-0.1, -0.05) is 54.6 Å². The maximum atomic E-state index is 13.4. The number of carbonyl (C=O) groups is 2. The summed E-state index contributed by atoms with van der Waals surface area (Å²) in [6.45, 7) is 0.290. The van der Waals surface area contributed by atoms with Crippen LogP contribution in [0.25, 0.3) is 12.2 Å². The van der Waals surface area contributed by atoms with E-state index in [1.54, 1.807) is 23.6 Å². The second-order valence-corrected chi connectivity index (χ2v) is 10.8. The van der Waals surface area contributed by atoms with E-state index in [0.29, 0.717) is 17.7 Å². The van der Waals surface area contributed by atoms with Crippen LogP contribution in [-0.2, 0) is 14.8 Å². The second-order valence-electron chi connectivity index (χ2n) is 7.93. The number of sulfonamides is 1. The SMILES string of the molecule is O=C1Nc2ccc(C=Cc3ccccc3)cc2C(=O)N2CCC(NS(=O)(=O)c3cccs3)C12. The number of benzene rings is 2. The van der Waals surface area contributed by atoms with E-state index in [1.807, 2.05) is 48.6 Å². The Hall–Kier alpha value is -3.27. The number of nitrogens with one attached hydrogen (secondary N) is 2. The Morgan fingerprint density at radius 3 is 2.55 bits per heavy atom. The lowest BCUT2D eigenvalue weighted by molar-refractivity contribution is -0.120. The molecule has 0 aliphatic carbocycles. The van der Waals surface area contributed by atoms with E-state index in [-0.39, 0.29) is 16.7 Å². The summed E-state index contributed by atoms with van der Waals surface area (Å²) < 4.78 is 28.2. The van der Waals surface area contributed by atoms with Gasteiger partial charge >= 0.3 is 0 Å². The Bertz CT molecular complexity index is 1340. The molecule has 5 rings (SSSR count). The van der Waals surface area contributed by atoms with Gasteiger partial charge in [0.15, 0.2) is 0 Å². The smallest absolute Gasteiger partial charge is 0.256 e. The van der Waals surface area contributed by atoms with Crippen molar-refractivity contribution in [2.75, 3.05) is 11.9 Å². The van der Waals surface area contributed by atoms with Gasteiger partial charge in [-0.25, -0.2) is 13.1 Å². The number of anilines is 1. The quantitative estimate of drug-likeness (QED) is 0.548. The van der Waals surface area contributed by atoms with Crippen LogP contribution in [0.2, 0.25) is 0 Å². The fourth-order valence-electron chi connectivity index (χ4n) is 4.21. The average molecular weight is 480 g/mol. The van der Waals surface area contributed by atoms with Crippen LogP contribution in [0.5, 0.6) is 0 Å². The zero-order valence-electron chi connectivity index (χ0n) is 17.5. The monoisotopic (exact) mass is 479 g/mol. The van der Waals surface area contributed by atoms with Crippen LogP contribution in [0.3, 0.4) is 0 Å². The predicted octanol–water partition coefficient (Wildman–Crippen LogP) is 3.43. The number of hydrogen-bond donors (Lipinski definition) is 2. The van der Waals surface area contributed by atoms with Crippen molar-refractivity contribution in [2.24, 2.45) is 0 Å². The van der Waals surface area contributed by atoms with E-state index in [2.05, 4.69) is 10.0 Å². The van der Waals surface area contributed by atoms with Crippen molar-refractivity contribution in [3.63, 3.8) is 0 Å². The largest absolute Gasteiger partial charge is 0.325 e. The summed E-state index contributed by atoms with van der Waals surface area (Å²) in [7, 11) is -3.77. The summed E-state index contributed by atoms with van der Waals surface area (Å²) in [5.41, 5.74) is 2.68. The third-order valence-electron chi connectivity index (χ3n) is 5.79. The van der Waals surface area contributed by atoms with Crippen LogP contribution in [0, 0.1) is 0 Å². The maximum absolute atomic E-state index is 13.4. The minimum absolute atomic E-state index is 0.180. The highest BCUT2D eigenvalue weighted by atomic mass is 32.2. The van der Waals surface area contributed by atoms with E-state index in [0.717, 1.165) is 22.5 Å². The minimum Gasteiger partial charge on any atom is -0.325 e. The number of hydrogen-bond acceptors (Lipinski definition) is 5. The van der Waals surface area contributed by atoms with Gasteiger partial charge in [0.1, 0.15) is 10.3 Å². The van der Waals surface area contributed by atoms with Crippen LogP contribution in [-0.4, -0.2) is 43.8 Å². The van der Waals surface area contributed by atoms with E-state index in [9.17, 15) is 18.0 Å². The third-order valence-corrected chi connectivity index (χ3v) is 8.68. The number of nitrogens with zero attached hydrogens (tertiary/aromatic N) is 1. The number of thiophene rings is 1. The summed E-state index contributed by atoms with van der Waals surface area (Å²) >= 11 is 1.10. The van der Waals surface area contributed by atoms with Crippen LogP contribution in [0.1, 0.15) is 27.9 Å². The Morgan fingerprint density at radius 1 is 1.00 bits per heavy atom. The number of rotatable bonds is 5. The molecule has 3 heterocycles. The van der Waals surface area contributed by atoms with Gasteiger partial charge in [-0.3, -0.25) is 9.59 Å². The van der Waals surface area contributed by atoms with Crippen LogP contribution in [0.4, 0.5) is 5.69 Å². The van der Waals surface area contributed by atoms with E-state index in [1.165, 1.54) is 11.0 Å². The zero-order chi connectivity index (χ0) is 23.0. The molecule has 7 nitrogen and oxygen atoms in total. The van der Waals surface area contributed by atoms with Crippen molar-refractivity contribution in [2.45, 2.75) is 22.7 Å². The molecule has 2 aliphatic heterocycles. The number of carbonyl (C=O) groups excluding carboxylic acids is 2. The first-order chi connectivity index (χ1) is 15.9. The highest BCUT2D eigenvalue weighted by Crippen LogP contribution is 2.31. The van der Waals surface area contributed by atoms with Crippen molar-refractivity contribution < 1.29 is 18.0 Å². The van der Waals surface area contributed by atoms with Gasteiger partial charge in [0.25, 0.3) is 5.91 Å². The van der Waals surface area contributed by atoms with Crippen LogP contribution >= 0.6 is 11.3 Å². The molecule has 1 fully saturated rings. The van der Waals surface area contributed by atoms with Crippen molar-refractivity contribution in [3.05, 3.63) is 82.7 Å². The second kappa shape index (κ2) is 8.58. The lowest BCUT2D eigenvalue weighted by atomic mass is 10.1. The molecule has 2 N–H and O–H groups in total. The first-order valence-corrected chi connectivity index (χ1v) is 12.8. The molecular formula is C24H21N3O4S2. The van der Waals surface area contributed by atoms with Crippen LogP contribution < -0.4 is 10.0 Å². The molecule has 0 radical (unpaired) electrons. The van der Waals surface area contributed by atoms with E-state index < -0.39 is 28.0 Å². The van der Waals surface area contributed by atoms with Gasteiger partial charge in [0.05, 0.1) is 17.3 Å². The molecule has 1 aromatic heterocycles. The molecule has 9 heteroatoms. The summed E-state index contributed by atoms with van der Waals surface area (Å²) in [5, 5.41) is 4.50. The van der Waals surface area contributed by atoms with E-state index >= 15 is 0 Å². The molecular weight excluding hydrogens is 458 g/mol. The average Bonchev–Trinajstić information content (AvgIpc) is 3.47. The van der Waals surface area contributed by atoms with Gasteiger partial charge in [-0.2, -0.15) is 0 Å². The van der Waals surface area contributed by atoms with Crippen molar-refractivity contribution in [1.82, 2.24) is 9.62 Å². The Labute approximate surface area is 195 Å². The molecule has 33 heavy (non-hydrogen) atoms. The molecule has 168 valence electrons.